The predicted molar refractivity (Wildman–Crippen MR) is 71.6 cm³/mol. The van der Waals surface area contributed by atoms with Crippen molar-refractivity contribution in [1.29, 1.82) is 0 Å². The molecule has 1 aromatic carbocycles. The van der Waals surface area contributed by atoms with Crippen LogP contribution < -0.4 is 4.74 Å². The maximum Gasteiger partial charge on any atom is 0.240 e. The first-order valence-corrected chi connectivity index (χ1v) is 6.72. The minimum atomic E-state index is -0.327. The molecule has 3 rings (SSSR count). The molecule has 0 N–H and O–H groups in total. The SMILES string of the molecule is Fc1ccc(Oc2ncnc3ccsc23)cc1Br. The number of nitrogens with zero attached hydrogens (tertiary/aromatic N) is 2. The highest BCUT2D eigenvalue weighted by molar-refractivity contribution is 9.10. The minimum Gasteiger partial charge on any atom is -0.437 e. The van der Waals surface area contributed by atoms with Crippen molar-refractivity contribution >= 4 is 37.5 Å². The van der Waals surface area contributed by atoms with Crippen molar-refractivity contribution in [1.82, 2.24) is 9.97 Å². The van der Waals surface area contributed by atoms with Crippen molar-refractivity contribution in [2.45, 2.75) is 0 Å². The lowest BCUT2D eigenvalue weighted by Crippen LogP contribution is -1.89. The van der Waals surface area contributed by atoms with Gasteiger partial charge in [-0.1, -0.05) is 0 Å². The second-order valence-electron chi connectivity index (χ2n) is 3.49. The van der Waals surface area contributed by atoms with Crippen LogP contribution in [0.5, 0.6) is 11.6 Å². The summed E-state index contributed by atoms with van der Waals surface area (Å²) in [5, 5.41) is 1.92. The number of ether oxygens (including phenoxy) is 1. The van der Waals surface area contributed by atoms with Gasteiger partial charge in [0.15, 0.2) is 0 Å². The molecule has 0 saturated carbocycles. The Morgan fingerprint density at radius 2 is 2.11 bits per heavy atom. The van der Waals surface area contributed by atoms with Crippen LogP contribution in [-0.4, -0.2) is 9.97 Å². The van der Waals surface area contributed by atoms with Gasteiger partial charge in [-0.25, -0.2) is 14.4 Å². The van der Waals surface area contributed by atoms with Gasteiger partial charge in [0.05, 0.1) is 9.99 Å². The molecular formula is C12H6BrFN2OS. The van der Waals surface area contributed by atoms with Gasteiger partial charge in [-0.2, -0.15) is 0 Å². The van der Waals surface area contributed by atoms with Crippen LogP contribution in [0.25, 0.3) is 10.2 Å². The summed E-state index contributed by atoms with van der Waals surface area (Å²) in [5.41, 5.74) is 0.839. The molecule has 0 aliphatic carbocycles. The summed E-state index contributed by atoms with van der Waals surface area (Å²) in [6, 6.07) is 6.36. The van der Waals surface area contributed by atoms with Crippen molar-refractivity contribution in [3.63, 3.8) is 0 Å². The third-order valence-corrected chi connectivity index (χ3v) is 3.82. The summed E-state index contributed by atoms with van der Waals surface area (Å²) in [4.78, 5) is 8.22. The van der Waals surface area contributed by atoms with Crippen LogP contribution in [0.15, 0.2) is 40.4 Å². The van der Waals surface area contributed by atoms with Crippen LogP contribution in [0.2, 0.25) is 0 Å². The highest BCUT2D eigenvalue weighted by atomic mass is 79.9. The van der Waals surface area contributed by atoms with Crippen LogP contribution in [0.3, 0.4) is 0 Å². The van der Waals surface area contributed by atoms with E-state index in [-0.39, 0.29) is 5.82 Å². The zero-order chi connectivity index (χ0) is 12.5. The second-order valence-corrected chi connectivity index (χ2v) is 5.26. The molecule has 0 atom stereocenters. The first-order chi connectivity index (χ1) is 8.74. The molecule has 0 saturated heterocycles. The van der Waals surface area contributed by atoms with Gasteiger partial charge in [-0.05, 0) is 45.6 Å². The molecule has 3 aromatic rings. The van der Waals surface area contributed by atoms with E-state index in [9.17, 15) is 4.39 Å². The van der Waals surface area contributed by atoms with Gasteiger partial charge in [0.2, 0.25) is 5.88 Å². The second kappa shape index (κ2) is 4.62. The van der Waals surface area contributed by atoms with Crippen molar-refractivity contribution in [2.75, 3.05) is 0 Å². The average molecular weight is 325 g/mol. The summed E-state index contributed by atoms with van der Waals surface area (Å²) in [6.07, 6.45) is 1.45. The Balaban J connectivity index is 2.01. The summed E-state index contributed by atoms with van der Waals surface area (Å²) in [6.45, 7) is 0. The van der Waals surface area contributed by atoms with Gasteiger partial charge in [-0.3, -0.25) is 0 Å². The van der Waals surface area contributed by atoms with E-state index < -0.39 is 0 Å². The Hall–Kier alpha value is -1.53. The number of aromatic nitrogens is 2. The minimum absolute atomic E-state index is 0.327. The summed E-state index contributed by atoms with van der Waals surface area (Å²) >= 11 is 4.62. The van der Waals surface area contributed by atoms with Gasteiger partial charge in [0.25, 0.3) is 0 Å². The van der Waals surface area contributed by atoms with E-state index in [4.69, 9.17) is 4.74 Å². The van der Waals surface area contributed by atoms with Crippen LogP contribution in [0.1, 0.15) is 0 Å². The quantitative estimate of drug-likeness (QED) is 0.701. The third kappa shape index (κ3) is 2.09. The fraction of sp³-hybridized carbons (Fsp3) is 0. The first-order valence-electron chi connectivity index (χ1n) is 5.05. The number of thiophene rings is 1. The Bertz CT molecular complexity index is 716. The molecule has 0 radical (unpaired) electrons. The fourth-order valence-electron chi connectivity index (χ4n) is 1.49. The predicted octanol–water partition coefficient (Wildman–Crippen LogP) is 4.39. The Labute approximate surface area is 114 Å². The summed E-state index contributed by atoms with van der Waals surface area (Å²) in [5.74, 6) is 0.677. The highest BCUT2D eigenvalue weighted by Gasteiger charge is 2.08. The van der Waals surface area contributed by atoms with Crippen LogP contribution in [0, 0.1) is 5.82 Å². The fourth-order valence-corrected chi connectivity index (χ4v) is 2.62. The Morgan fingerprint density at radius 1 is 1.22 bits per heavy atom. The third-order valence-electron chi connectivity index (χ3n) is 2.32. The normalized spacial score (nSPS) is 10.8. The molecule has 0 aliphatic rings. The summed E-state index contributed by atoms with van der Waals surface area (Å²) < 4.78 is 20.0. The lowest BCUT2D eigenvalue weighted by Gasteiger charge is -2.05. The van der Waals surface area contributed by atoms with Gasteiger partial charge < -0.3 is 4.74 Å². The number of hydrogen-bond acceptors (Lipinski definition) is 4. The molecule has 6 heteroatoms. The number of halogens is 2. The first kappa shape index (κ1) is 11.6. The molecule has 0 fully saturated rings. The van der Waals surface area contributed by atoms with Crippen molar-refractivity contribution in [2.24, 2.45) is 0 Å². The topological polar surface area (TPSA) is 35.0 Å². The maximum absolute atomic E-state index is 13.1. The number of benzene rings is 1. The smallest absolute Gasteiger partial charge is 0.240 e. The average Bonchev–Trinajstić information content (AvgIpc) is 2.83. The van der Waals surface area contributed by atoms with E-state index in [0.29, 0.717) is 16.1 Å². The van der Waals surface area contributed by atoms with E-state index in [0.717, 1.165) is 10.2 Å². The van der Waals surface area contributed by atoms with Crippen molar-refractivity contribution in [3.8, 4) is 11.6 Å². The molecule has 0 unspecified atom stereocenters. The summed E-state index contributed by atoms with van der Waals surface area (Å²) in [7, 11) is 0. The van der Waals surface area contributed by atoms with E-state index in [1.54, 1.807) is 12.1 Å². The lowest BCUT2D eigenvalue weighted by molar-refractivity contribution is 0.466. The van der Waals surface area contributed by atoms with Crippen LogP contribution in [0.4, 0.5) is 4.39 Å². The van der Waals surface area contributed by atoms with Crippen molar-refractivity contribution < 1.29 is 9.13 Å². The van der Waals surface area contributed by atoms with Crippen molar-refractivity contribution in [3.05, 3.63) is 46.3 Å². The van der Waals surface area contributed by atoms with E-state index in [1.807, 2.05) is 11.4 Å². The van der Waals surface area contributed by atoms with Gasteiger partial charge in [0.1, 0.15) is 22.6 Å². The standard InChI is InChI=1S/C12H6BrFN2OS/c13-8-5-7(1-2-9(8)14)17-12-11-10(3-4-18-11)15-6-16-12/h1-6H. The number of rotatable bonds is 2. The number of hydrogen-bond donors (Lipinski definition) is 0. The maximum atomic E-state index is 13.1. The van der Waals surface area contributed by atoms with Gasteiger partial charge in [-0.15, -0.1) is 11.3 Å². The molecule has 0 spiro atoms. The van der Waals surface area contributed by atoms with Gasteiger partial charge >= 0.3 is 0 Å². The Kier molecular flexibility index (Phi) is 2.97. The molecule has 0 aliphatic heterocycles. The molecule has 2 heterocycles. The van der Waals surface area contributed by atoms with Crippen LogP contribution in [-0.2, 0) is 0 Å². The van der Waals surface area contributed by atoms with Crippen LogP contribution >= 0.6 is 27.3 Å². The largest absolute Gasteiger partial charge is 0.437 e. The molecular weight excluding hydrogens is 319 g/mol. The van der Waals surface area contributed by atoms with Gasteiger partial charge in [0, 0.05) is 0 Å². The zero-order valence-corrected chi connectivity index (χ0v) is 11.3. The molecule has 3 nitrogen and oxygen atoms in total. The highest BCUT2D eigenvalue weighted by Crippen LogP contribution is 2.31. The van der Waals surface area contributed by atoms with E-state index in [2.05, 4.69) is 25.9 Å². The lowest BCUT2D eigenvalue weighted by atomic mass is 10.3. The zero-order valence-electron chi connectivity index (χ0n) is 8.93. The molecule has 90 valence electrons. The van der Waals surface area contributed by atoms with E-state index in [1.165, 1.54) is 23.7 Å². The van der Waals surface area contributed by atoms with E-state index >= 15 is 0 Å². The Morgan fingerprint density at radius 3 is 2.94 bits per heavy atom. The number of fused-ring (bicyclic) bond motifs is 1. The molecule has 0 bridgehead atoms. The molecule has 2 aromatic heterocycles. The molecule has 0 amide bonds. The molecule has 18 heavy (non-hydrogen) atoms. The monoisotopic (exact) mass is 324 g/mol.